The maximum absolute atomic E-state index is 13.1. The minimum Gasteiger partial charge on any atom is -0.350 e. The Kier molecular flexibility index (Phi) is 7.38. The van der Waals surface area contributed by atoms with E-state index in [0.29, 0.717) is 17.8 Å². The van der Waals surface area contributed by atoms with E-state index >= 15 is 0 Å². The quantitative estimate of drug-likeness (QED) is 0.364. The Morgan fingerprint density at radius 3 is 2.59 bits per heavy atom. The molecule has 1 amide bonds. The Hall–Kier alpha value is -3.10. The molecule has 0 saturated carbocycles. The third-order valence-electron chi connectivity index (χ3n) is 6.11. The third kappa shape index (κ3) is 5.03. The molecule has 0 aliphatic rings. The standard InChI is InChI=1S/C26H32N6OS/c1-6-31(7-2)18(5)15-27-26(33)19-13-22(17(3)4)29-23(14-19)20-16-28-32-11-10-21(30-25(20)32)24-9-8-12-34-24/h8-14,16-18H,6-7,15H2,1-5H3,(H,27,33)/t18-/m0/s1. The van der Waals surface area contributed by atoms with Crippen LogP contribution in [0.3, 0.4) is 0 Å². The molecule has 4 aromatic rings. The van der Waals surface area contributed by atoms with Crippen LogP contribution in [0, 0.1) is 0 Å². The van der Waals surface area contributed by atoms with E-state index in [9.17, 15) is 4.79 Å². The van der Waals surface area contributed by atoms with Gasteiger partial charge in [-0.2, -0.15) is 5.10 Å². The van der Waals surface area contributed by atoms with E-state index in [4.69, 9.17) is 9.97 Å². The van der Waals surface area contributed by atoms with Gasteiger partial charge in [-0.05, 0) is 55.6 Å². The number of rotatable bonds is 9. The van der Waals surface area contributed by atoms with Gasteiger partial charge in [-0.15, -0.1) is 11.3 Å². The highest BCUT2D eigenvalue weighted by molar-refractivity contribution is 7.13. The van der Waals surface area contributed by atoms with Gasteiger partial charge >= 0.3 is 0 Å². The number of carbonyl (C=O) groups excluding carboxylic acids is 1. The molecule has 0 spiro atoms. The molecule has 4 rings (SSSR count). The van der Waals surface area contributed by atoms with Crippen LogP contribution in [0.5, 0.6) is 0 Å². The summed E-state index contributed by atoms with van der Waals surface area (Å²) in [4.78, 5) is 26.3. The van der Waals surface area contributed by atoms with Crippen molar-refractivity contribution in [2.45, 2.75) is 46.6 Å². The van der Waals surface area contributed by atoms with Crippen LogP contribution < -0.4 is 5.32 Å². The molecule has 7 nitrogen and oxygen atoms in total. The number of amides is 1. The first kappa shape index (κ1) is 24.0. The Balaban J connectivity index is 1.68. The average molecular weight is 477 g/mol. The minimum absolute atomic E-state index is 0.0896. The predicted molar refractivity (Wildman–Crippen MR) is 138 cm³/mol. The normalized spacial score (nSPS) is 12.6. The minimum atomic E-state index is -0.0896. The molecule has 4 aromatic heterocycles. The van der Waals surface area contributed by atoms with Crippen LogP contribution in [0.1, 0.15) is 56.6 Å². The number of nitrogens with one attached hydrogen (secondary N) is 1. The SMILES string of the molecule is CCN(CC)[C@@H](C)CNC(=O)c1cc(-c2cnn3ccc(-c4cccs4)nc23)nc(C(C)C)c1. The molecule has 4 heterocycles. The van der Waals surface area contributed by atoms with Crippen LogP contribution in [-0.4, -0.2) is 56.1 Å². The molecular formula is C26H32N6OS. The van der Waals surface area contributed by atoms with Crippen molar-refractivity contribution in [1.82, 2.24) is 29.8 Å². The van der Waals surface area contributed by atoms with Gasteiger partial charge in [-0.3, -0.25) is 14.7 Å². The maximum Gasteiger partial charge on any atom is 0.251 e. The van der Waals surface area contributed by atoms with E-state index in [2.05, 4.69) is 56.0 Å². The lowest BCUT2D eigenvalue weighted by atomic mass is 10.0. The van der Waals surface area contributed by atoms with Gasteiger partial charge in [-0.25, -0.2) is 9.50 Å². The lowest BCUT2D eigenvalue weighted by Gasteiger charge is -2.26. The number of thiophene rings is 1. The highest BCUT2D eigenvalue weighted by Gasteiger charge is 2.18. The highest BCUT2D eigenvalue weighted by Crippen LogP contribution is 2.28. The van der Waals surface area contributed by atoms with Crippen LogP contribution in [0.4, 0.5) is 0 Å². The summed E-state index contributed by atoms with van der Waals surface area (Å²) >= 11 is 1.65. The summed E-state index contributed by atoms with van der Waals surface area (Å²) in [5, 5.41) is 9.62. The van der Waals surface area contributed by atoms with Crippen molar-refractivity contribution in [3.63, 3.8) is 0 Å². The molecule has 0 radical (unpaired) electrons. The molecule has 1 N–H and O–H groups in total. The second-order valence-corrected chi connectivity index (χ2v) is 9.67. The van der Waals surface area contributed by atoms with Crippen molar-refractivity contribution in [1.29, 1.82) is 0 Å². The van der Waals surface area contributed by atoms with Gasteiger partial charge in [0, 0.05) is 30.0 Å². The number of hydrogen-bond donors (Lipinski definition) is 1. The molecule has 0 aliphatic carbocycles. The van der Waals surface area contributed by atoms with Crippen LogP contribution in [0.15, 0.2) is 48.1 Å². The summed E-state index contributed by atoms with van der Waals surface area (Å²) in [5.74, 6) is 0.0887. The maximum atomic E-state index is 13.1. The van der Waals surface area contributed by atoms with Crippen LogP contribution in [0.25, 0.3) is 27.5 Å². The van der Waals surface area contributed by atoms with Gasteiger partial charge in [0.2, 0.25) is 0 Å². The number of aromatic nitrogens is 4. The van der Waals surface area contributed by atoms with Crippen molar-refractivity contribution in [2.24, 2.45) is 0 Å². The van der Waals surface area contributed by atoms with E-state index in [1.54, 1.807) is 22.0 Å². The van der Waals surface area contributed by atoms with Crippen molar-refractivity contribution in [3.8, 4) is 21.8 Å². The Morgan fingerprint density at radius 2 is 1.91 bits per heavy atom. The van der Waals surface area contributed by atoms with Gasteiger partial charge in [0.25, 0.3) is 5.91 Å². The Labute approximate surface area is 204 Å². The van der Waals surface area contributed by atoms with E-state index in [1.807, 2.05) is 35.8 Å². The second kappa shape index (κ2) is 10.4. The van der Waals surface area contributed by atoms with Crippen molar-refractivity contribution in [3.05, 3.63) is 59.4 Å². The fourth-order valence-electron chi connectivity index (χ4n) is 4.05. The average Bonchev–Trinajstić information content (AvgIpc) is 3.52. The number of hydrogen-bond acceptors (Lipinski definition) is 6. The molecule has 178 valence electrons. The van der Waals surface area contributed by atoms with E-state index in [0.717, 1.165) is 40.6 Å². The number of pyridine rings is 1. The van der Waals surface area contributed by atoms with Crippen molar-refractivity contribution in [2.75, 3.05) is 19.6 Å². The van der Waals surface area contributed by atoms with E-state index < -0.39 is 0 Å². The van der Waals surface area contributed by atoms with Gasteiger partial charge in [0.1, 0.15) is 0 Å². The number of likely N-dealkylation sites (N-methyl/N-ethyl adjacent to an activating group) is 1. The number of fused-ring (bicyclic) bond motifs is 1. The van der Waals surface area contributed by atoms with Crippen molar-refractivity contribution < 1.29 is 4.79 Å². The Bertz CT molecular complexity index is 1260. The zero-order chi connectivity index (χ0) is 24.2. The zero-order valence-corrected chi connectivity index (χ0v) is 21.3. The molecule has 0 bridgehead atoms. The topological polar surface area (TPSA) is 75.4 Å². The van der Waals surface area contributed by atoms with Gasteiger partial charge < -0.3 is 5.32 Å². The van der Waals surface area contributed by atoms with Crippen molar-refractivity contribution >= 4 is 22.9 Å². The van der Waals surface area contributed by atoms with Crippen LogP contribution in [-0.2, 0) is 0 Å². The van der Waals surface area contributed by atoms with Gasteiger partial charge in [-0.1, -0.05) is 33.8 Å². The lowest BCUT2D eigenvalue weighted by molar-refractivity contribution is 0.0938. The summed E-state index contributed by atoms with van der Waals surface area (Å²) in [7, 11) is 0. The lowest BCUT2D eigenvalue weighted by Crippen LogP contribution is -2.42. The fraction of sp³-hybridized carbons (Fsp3) is 0.385. The highest BCUT2D eigenvalue weighted by atomic mass is 32.1. The number of nitrogens with zero attached hydrogens (tertiary/aromatic N) is 5. The smallest absolute Gasteiger partial charge is 0.251 e. The van der Waals surface area contributed by atoms with E-state index in [-0.39, 0.29) is 17.9 Å². The van der Waals surface area contributed by atoms with Crippen LogP contribution in [0.2, 0.25) is 0 Å². The first-order valence-electron chi connectivity index (χ1n) is 11.8. The predicted octanol–water partition coefficient (Wildman–Crippen LogP) is 5.10. The summed E-state index contributed by atoms with van der Waals surface area (Å²) in [5.41, 5.74) is 4.61. The van der Waals surface area contributed by atoms with Gasteiger partial charge in [0.15, 0.2) is 5.65 Å². The molecule has 0 aromatic carbocycles. The summed E-state index contributed by atoms with van der Waals surface area (Å²) in [6, 6.07) is 10.0. The number of carbonyl (C=O) groups is 1. The van der Waals surface area contributed by atoms with Gasteiger partial charge in [0.05, 0.1) is 28.0 Å². The largest absolute Gasteiger partial charge is 0.350 e. The third-order valence-corrected chi connectivity index (χ3v) is 7.00. The summed E-state index contributed by atoms with van der Waals surface area (Å²) in [6.45, 7) is 13.1. The molecule has 0 saturated heterocycles. The molecule has 0 fully saturated rings. The first-order valence-corrected chi connectivity index (χ1v) is 12.7. The molecule has 34 heavy (non-hydrogen) atoms. The zero-order valence-electron chi connectivity index (χ0n) is 20.4. The molecule has 0 aliphatic heterocycles. The summed E-state index contributed by atoms with van der Waals surface area (Å²) < 4.78 is 1.75. The van der Waals surface area contributed by atoms with Crippen LogP contribution >= 0.6 is 11.3 Å². The fourth-order valence-corrected chi connectivity index (χ4v) is 4.74. The molecule has 8 heteroatoms. The first-order chi connectivity index (χ1) is 16.4. The summed E-state index contributed by atoms with van der Waals surface area (Å²) in [6.07, 6.45) is 3.69. The monoisotopic (exact) mass is 476 g/mol. The molecular weight excluding hydrogens is 444 g/mol. The Morgan fingerprint density at radius 1 is 1.12 bits per heavy atom. The molecule has 0 unspecified atom stereocenters. The molecule has 1 atom stereocenters. The van der Waals surface area contributed by atoms with E-state index in [1.165, 1.54) is 0 Å². The second-order valence-electron chi connectivity index (χ2n) is 8.72.